The normalized spacial score (nSPS) is 10.2. The Kier molecular flexibility index (Phi) is 7.58. The molecule has 0 heterocycles. The van der Waals surface area contributed by atoms with Gasteiger partial charge < -0.3 is 27.7 Å². The van der Waals surface area contributed by atoms with Gasteiger partial charge >= 0.3 is 66.9 Å². The molecule has 0 aliphatic heterocycles. The number of benzene rings is 1. The Morgan fingerprint density at radius 2 is 1.86 bits per heavy atom. The van der Waals surface area contributed by atoms with Crippen LogP contribution >= 0.6 is 5.69 Å². The van der Waals surface area contributed by atoms with Crippen molar-refractivity contribution >= 4 is 33.7 Å². The predicted octanol–water partition coefficient (Wildman–Crippen LogP) is -0.101. The van der Waals surface area contributed by atoms with Gasteiger partial charge in [-0.25, -0.2) is 0 Å². The van der Waals surface area contributed by atoms with Gasteiger partial charge in [0.2, 0.25) is 0 Å². The van der Waals surface area contributed by atoms with Gasteiger partial charge in [0.15, 0.2) is 0 Å². The van der Waals surface area contributed by atoms with Gasteiger partial charge in [-0.3, -0.25) is 0 Å². The van der Waals surface area contributed by atoms with Crippen LogP contribution < -0.4 is 13.7 Å². The van der Waals surface area contributed by atoms with E-state index in [0.29, 0.717) is 0 Å². The summed E-state index contributed by atoms with van der Waals surface area (Å²) in [5, 5.41) is 0. The topological polar surface area (TPSA) is 46.1 Å². The fourth-order valence-corrected chi connectivity index (χ4v) is 1.51. The van der Waals surface area contributed by atoms with Gasteiger partial charge in [-0.1, -0.05) is 0 Å². The summed E-state index contributed by atoms with van der Waals surface area (Å²) in [7, 11) is 0. The quantitative estimate of drug-likeness (QED) is 0.410. The van der Waals surface area contributed by atoms with E-state index in [1.54, 1.807) is 0 Å². The maximum atomic E-state index is 9.29. The first kappa shape index (κ1) is 14.8. The zero-order chi connectivity index (χ0) is 11.2. The van der Waals surface area contributed by atoms with E-state index in [9.17, 15) is 9.79 Å². The standard InChI is InChI=1S/C8H9.Mo.H3O2PS2/c1-2-8-6-4-3-5-7-8;;1-3(2,4)5/h3-6H,2H2,1H3;;(H3,1,2,4,5)/q;+3;/p-3. The van der Waals surface area contributed by atoms with Crippen LogP contribution in [0.4, 0.5) is 0 Å². The van der Waals surface area contributed by atoms with E-state index in [1.165, 1.54) is 9.52 Å². The Morgan fingerprint density at radius 1 is 1.43 bits per heavy atom. The average Bonchev–Trinajstić information content (AvgIpc) is 2.02. The van der Waals surface area contributed by atoms with Gasteiger partial charge in [-0.15, -0.1) is 0 Å². The second-order valence-corrected chi connectivity index (χ2v) is 7.96. The van der Waals surface area contributed by atoms with Crippen molar-refractivity contribution in [1.29, 1.82) is 0 Å². The first-order chi connectivity index (χ1) is 6.34. The first-order valence-corrected chi connectivity index (χ1v) is 8.48. The summed E-state index contributed by atoms with van der Waals surface area (Å²) in [6, 6.07) is 8.51. The maximum Gasteiger partial charge on any atom is -0.160 e. The minimum Gasteiger partial charge on any atom is -0.850 e. The molecular weight excluding hydrogens is 319 g/mol. The number of hydrogen-bond acceptors (Lipinski definition) is 4. The Bertz CT molecular complexity index is 319. The predicted molar refractivity (Wildman–Crippen MR) is 57.1 cm³/mol. The molecule has 0 aliphatic rings. The second-order valence-electron chi connectivity index (χ2n) is 2.41. The average molecular weight is 328 g/mol. The van der Waals surface area contributed by atoms with E-state index in [-0.39, 0.29) is 0 Å². The molecule has 0 saturated carbocycles. The van der Waals surface area contributed by atoms with Crippen LogP contribution in [0.3, 0.4) is 0 Å². The molecule has 0 aromatic heterocycles. The van der Waals surface area contributed by atoms with Crippen LogP contribution in [0.25, 0.3) is 0 Å². The largest absolute Gasteiger partial charge is 0.850 e. The fraction of sp³-hybridized carbons (Fsp3) is 0.250. The van der Waals surface area contributed by atoms with Crippen LogP contribution in [0, 0.1) is 0 Å². The molecule has 76 valence electrons. The molecule has 0 radical (unpaired) electrons. The molecule has 0 unspecified atom stereocenters. The van der Waals surface area contributed by atoms with Crippen LogP contribution in [0.2, 0.25) is 0 Å². The van der Waals surface area contributed by atoms with Gasteiger partial charge in [0.05, 0.1) is 0 Å². The third-order valence-corrected chi connectivity index (χ3v) is 2.33. The molecule has 0 amide bonds. The molecular formula is C8H9MoO2PS2. The van der Waals surface area contributed by atoms with Crippen molar-refractivity contribution in [2.24, 2.45) is 0 Å². The third-order valence-electron chi connectivity index (χ3n) is 1.35. The first-order valence-electron chi connectivity index (χ1n) is 3.82. The Morgan fingerprint density at radius 3 is 2.14 bits per heavy atom. The molecule has 6 heteroatoms. The molecule has 0 aliphatic carbocycles. The van der Waals surface area contributed by atoms with Crippen LogP contribution in [0.1, 0.15) is 12.5 Å². The third kappa shape index (κ3) is 9.39. The molecule has 1 rings (SSSR count). The van der Waals surface area contributed by atoms with Gasteiger partial charge in [0, 0.05) is 0 Å². The number of hydrogen-bond donors (Lipinski definition) is 0. The summed E-state index contributed by atoms with van der Waals surface area (Å²) in [5.74, 6) is 0. The van der Waals surface area contributed by atoms with Crippen molar-refractivity contribution in [3.63, 3.8) is 0 Å². The molecule has 1 aromatic carbocycles. The molecule has 0 saturated heterocycles. The molecule has 2 nitrogen and oxygen atoms in total. The van der Waals surface area contributed by atoms with E-state index in [0.717, 1.165) is 6.42 Å². The van der Waals surface area contributed by atoms with Crippen LogP contribution in [-0.4, -0.2) is 0 Å². The molecule has 0 bridgehead atoms. The Labute approximate surface area is 106 Å². The number of aryl methyl sites for hydroxylation is 1. The molecule has 14 heavy (non-hydrogen) atoms. The molecule has 0 atom stereocenters. The summed E-state index contributed by atoms with van der Waals surface area (Å²) in [6.07, 6.45) is 1.15. The second kappa shape index (κ2) is 7.16. The smallest absolute Gasteiger partial charge is 0.160 e. The van der Waals surface area contributed by atoms with Crippen molar-refractivity contribution in [3.05, 3.63) is 29.8 Å². The maximum absolute atomic E-state index is 9.29. The van der Waals surface area contributed by atoms with Crippen molar-refractivity contribution in [3.8, 4) is 0 Å². The Balaban J connectivity index is 0.000000292. The SMILES string of the molecule is CCc1cccc[c]1[Mo+3].[O-]P([O-])(=S)[S-]. The van der Waals surface area contributed by atoms with Crippen molar-refractivity contribution in [2.75, 3.05) is 0 Å². The van der Waals surface area contributed by atoms with Crippen LogP contribution in [0.15, 0.2) is 24.3 Å². The Hall–Kier alpha value is 0.828. The van der Waals surface area contributed by atoms with Crippen LogP contribution in [-0.2, 0) is 50.3 Å². The van der Waals surface area contributed by atoms with Gasteiger partial charge in [0.25, 0.3) is 0 Å². The van der Waals surface area contributed by atoms with E-state index in [4.69, 9.17) is 0 Å². The minimum absolute atomic E-state index is 1.15. The summed E-state index contributed by atoms with van der Waals surface area (Å²) >= 11 is 9.36. The fourth-order valence-electron chi connectivity index (χ4n) is 0.796. The van der Waals surface area contributed by atoms with Crippen molar-refractivity contribution in [2.45, 2.75) is 13.3 Å². The van der Waals surface area contributed by atoms with Gasteiger partial charge in [0.1, 0.15) is 0 Å². The summed E-state index contributed by atoms with van der Waals surface area (Å²) in [6.45, 7) is 2.18. The summed E-state index contributed by atoms with van der Waals surface area (Å²) in [5.41, 5.74) is -2.26. The van der Waals surface area contributed by atoms with E-state index >= 15 is 0 Å². The summed E-state index contributed by atoms with van der Waals surface area (Å²) < 4.78 is 1.41. The monoisotopic (exact) mass is 330 g/mol. The van der Waals surface area contributed by atoms with Gasteiger partial charge in [-0.2, -0.15) is 11.8 Å². The minimum atomic E-state index is -3.72. The number of rotatable bonds is 1. The zero-order valence-corrected chi connectivity index (χ0v) is 12.0. The van der Waals surface area contributed by atoms with E-state index < -0.39 is 5.69 Å². The van der Waals surface area contributed by atoms with Crippen molar-refractivity contribution < 1.29 is 29.6 Å². The zero-order valence-electron chi connectivity index (χ0n) is 7.50. The van der Waals surface area contributed by atoms with E-state index in [1.807, 2.05) is 0 Å². The van der Waals surface area contributed by atoms with E-state index in [2.05, 4.69) is 75.1 Å². The molecule has 1 aromatic rings. The van der Waals surface area contributed by atoms with Gasteiger partial charge in [-0.05, 0) is 0 Å². The van der Waals surface area contributed by atoms with Crippen LogP contribution in [0.5, 0.6) is 0 Å². The van der Waals surface area contributed by atoms with Crippen molar-refractivity contribution in [1.82, 2.24) is 0 Å². The molecule has 0 spiro atoms. The summed E-state index contributed by atoms with van der Waals surface area (Å²) in [4.78, 5) is 18.6. The molecule has 0 N–H and O–H groups in total. The molecule has 0 fully saturated rings.